The van der Waals surface area contributed by atoms with Crippen molar-refractivity contribution < 1.29 is 17.7 Å². The number of hydrogen-bond donors (Lipinski definition) is 0. The van der Waals surface area contributed by atoms with Crippen LogP contribution in [0.4, 0.5) is 0 Å². The fourth-order valence-corrected chi connectivity index (χ4v) is 13.0. The largest absolute Gasteiger partial charge is 0.165 e. The second-order valence-electron chi connectivity index (χ2n) is 8.13. The normalized spacial score (nSPS) is 10.3. The zero-order valence-corrected chi connectivity index (χ0v) is 26.2. The summed E-state index contributed by atoms with van der Waals surface area (Å²) >= 11 is -1.82. The predicted molar refractivity (Wildman–Crippen MR) is 144 cm³/mol. The number of aryl methyl sites for hydroxylation is 4. The van der Waals surface area contributed by atoms with Gasteiger partial charge in [-0.2, -0.15) is 12.1 Å². The molecule has 0 spiro atoms. The fraction of sp³-hybridized carbons (Fsp3) is 0.357. The van der Waals surface area contributed by atoms with Crippen molar-refractivity contribution in [2.45, 2.75) is 66.3 Å². The van der Waals surface area contributed by atoms with Crippen LogP contribution in [0.25, 0.3) is 21.5 Å². The Balaban J connectivity index is 0.000000175. The monoisotopic (exact) mass is 649 g/mol. The molecule has 4 rings (SSSR count). The van der Waals surface area contributed by atoms with Crippen molar-refractivity contribution in [1.29, 1.82) is 0 Å². The Morgan fingerprint density at radius 1 is 0.781 bits per heavy atom. The Bertz CT molecular complexity index is 1050. The molecule has 0 aromatic heterocycles. The van der Waals surface area contributed by atoms with Gasteiger partial charge in [0.25, 0.3) is 0 Å². The molecule has 1 radical (unpaired) electrons. The van der Waals surface area contributed by atoms with Gasteiger partial charge in [-0.05, 0) is 26.7 Å². The molecule has 0 aliphatic rings. The van der Waals surface area contributed by atoms with Gasteiger partial charge in [-0.3, -0.25) is 0 Å². The molecular weight excluding hydrogens is 614 g/mol. The van der Waals surface area contributed by atoms with Crippen LogP contribution in [0.15, 0.2) is 60.7 Å². The number of rotatable bonds is 5. The number of hydrogen-bond acceptors (Lipinski definition) is 0. The molecule has 0 N–H and O–H groups in total. The zero-order chi connectivity index (χ0) is 23.5. The minimum absolute atomic E-state index is 0.939. The first-order valence-electron chi connectivity index (χ1n) is 11.6. The van der Waals surface area contributed by atoms with Crippen molar-refractivity contribution in [2.75, 3.05) is 0 Å². The summed E-state index contributed by atoms with van der Waals surface area (Å²) in [4.78, 5) is 0. The van der Waals surface area contributed by atoms with Crippen LogP contribution in [0.5, 0.6) is 0 Å². The Hall–Kier alpha value is -0.673. The molecule has 0 atom stereocenters. The molecule has 4 aromatic carbocycles. The molecule has 0 aliphatic heterocycles. The molecule has 0 saturated carbocycles. The fourth-order valence-electron chi connectivity index (χ4n) is 3.67. The molecule has 4 aromatic rings. The van der Waals surface area contributed by atoms with Gasteiger partial charge in [0.2, 0.25) is 0 Å². The van der Waals surface area contributed by atoms with Crippen LogP contribution < -0.4 is 0 Å². The summed E-state index contributed by atoms with van der Waals surface area (Å²) in [6, 6.07) is 23.4. The van der Waals surface area contributed by atoms with E-state index in [1.807, 2.05) is 0 Å². The molecular formula is C28H35Cl2HfSi-2. The van der Waals surface area contributed by atoms with Crippen LogP contribution in [0.3, 0.4) is 0 Å². The average Bonchev–Trinajstić information content (AvgIpc) is 3.40. The SMILES string of the molecule is CCCC[Si]=[Hf]([Cl])[Cl].CCc1cc2c(C)cccc2[cH-]1.CCc1cc2c(C)cccc2[cH-]1. The van der Waals surface area contributed by atoms with E-state index in [-0.39, 0.29) is 0 Å². The molecule has 0 aliphatic carbocycles. The van der Waals surface area contributed by atoms with Gasteiger partial charge < -0.3 is 0 Å². The number of benzene rings is 2. The smallest absolute Gasteiger partial charge is 0.0487 e. The van der Waals surface area contributed by atoms with Crippen molar-refractivity contribution in [1.82, 2.24) is 0 Å². The Morgan fingerprint density at radius 2 is 1.25 bits per heavy atom. The van der Waals surface area contributed by atoms with Gasteiger partial charge >= 0.3 is 66.9 Å². The Labute approximate surface area is 210 Å². The zero-order valence-electron chi connectivity index (χ0n) is 20.1. The van der Waals surface area contributed by atoms with Crippen LogP contribution in [-0.4, -0.2) is 6.22 Å². The summed E-state index contributed by atoms with van der Waals surface area (Å²) in [5, 5.41) is 5.59. The summed E-state index contributed by atoms with van der Waals surface area (Å²) in [6.45, 7) is 10.9. The van der Waals surface area contributed by atoms with E-state index in [9.17, 15) is 0 Å². The maximum atomic E-state index is 5.70. The Morgan fingerprint density at radius 3 is 1.59 bits per heavy atom. The third-order valence-corrected chi connectivity index (χ3v) is 18.7. The molecule has 32 heavy (non-hydrogen) atoms. The van der Waals surface area contributed by atoms with E-state index < -0.39 is 17.7 Å². The first kappa shape index (κ1) is 27.6. The molecule has 0 bridgehead atoms. The van der Waals surface area contributed by atoms with Crippen molar-refractivity contribution in [2.24, 2.45) is 0 Å². The Kier molecular flexibility index (Phi) is 12.5. The van der Waals surface area contributed by atoms with Crippen molar-refractivity contribution in [3.8, 4) is 0 Å². The second kappa shape index (κ2) is 14.6. The second-order valence-corrected chi connectivity index (χ2v) is 31.7. The first-order valence-corrected chi connectivity index (χ1v) is 27.1. The quantitative estimate of drug-likeness (QED) is 0.115. The summed E-state index contributed by atoms with van der Waals surface area (Å²) in [5.41, 5.74) is 5.65. The predicted octanol–water partition coefficient (Wildman–Crippen LogP) is 9.61. The molecule has 0 fully saturated rings. The standard InChI is InChI=1S/2C12H13.C4H9Si.2ClH.Hf/c2*1-3-10-7-11-6-4-5-9(2)12(11)8-10;1-2-3-4-5;;;/h2*4-8H,3H2,1-2H3;2-4H2,1H3;2*1H;/q2*-1;;;;+2/p-2. The van der Waals surface area contributed by atoms with Crippen LogP contribution in [0, 0.1) is 13.8 Å². The van der Waals surface area contributed by atoms with Gasteiger partial charge in [0.15, 0.2) is 0 Å². The molecule has 171 valence electrons. The van der Waals surface area contributed by atoms with E-state index in [0.29, 0.717) is 0 Å². The van der Waals surface area contributed by atoms with Crippen LogP contribution in [0.2, 0.25) is 6.04 Å². The van der Waals surface area contributed by atoms with E-state index in [0.717, 1.165) is 19.1 Å². The van der Waals surface area contributed by atoms with E-state index in [2.05, 4.69) is 95.3 Å². The average molecular weight is 649 g/mol. The van der Waals surface area contributed by atoms with Crippen LogP contribution in [-0.2, 0) is 30.5 Å². The molecule has 4 heteroatoms. The van der Waals surface area contributed by atoms with Gasteiger partial charge in [0.1, 0.15) is 0 Å². The molecule has 0 unspecified atom stereocenters. The number of fused-ring (bicyclic) bond motifs is 2. The van der Waals surface area contributed by atoms with E-state index in [1.165, 1.54) is 62.7 Å². The molecule has 0 amide bonds. The third-order valence-electron chi connectivity index (χ3n) is 5.66. The van der Waals surface area contributed by atoms with E-state index in [4.69, 9.17) is 17.2 Å². The molecule has 0 heterocycles. The number of halogens is 2. The van der Waals surface area contributed by atoms with Gasteiger partial charge in [-0.25, -0.2) is 0 Å². The summed E-state index contributed by atoms with van der Waals surface area (Å²) < 4.78 is 0. The van der Waals surface area contributed by atoms with E-state index >= 15 is 0 Å². The first-order chi connectivity index (χ1) is 15.4. The summed E-state index contributed by atoms with van der Waals surface area (Å²) in [6.07, 6.45) is 5.79. The van der Waals surface area contributed by atoms with Crippen molar-refractivity contribution in [3.05, 3.63) is 82.9 Å². The van der Waals surface area contributed by atoms with Gasteiger partial charge in [-0.15, -0.1) is 69.1 Å². The topological polar surface area (TPSA) is 0 Å². The van der Waals surface area contributed by atoms with Crippen molar-refractivity contribution >= 4 is 44.9 Å². The van der Waals surface area contributed by atoms with E-state index in [1.54, 1.807) is 0 Å². The van der Waals surface area contributed by atoms with Gasteiger partial charge in [0, 0.05) is 0 Å². The minimum Gasteiger partial charge on any atom is -0.165 e. The minimum atomic E-state index is -1.82. The molecule has 0 saturated heterocycles. The van der Waals surface area contributed by atoms with Gasteiger partial charge in [0.05, 0.1) is 0 Å². The van der Waals surface area contributed by atoms with Crippen LogP contribution in [0.1, 0.15) is 55.9 Å². The summed E-state index contributed by atoms with van der Waals surface area (Å²) in [5.74, 6) is 0. The maximum Gasteiger partial charge on any atom is -0.0487 e. The molecule has 0 nitrogen and oxygen atoms in total. The number of unbranched alkanes of at least 4 members (excludes halogenated alkanes) is 1. The van der Waals surface area contributed by atoms with Gasteiger partial charge in [-0.1, -0.05) is 37.1 Å². The maximum absolute atomic E-state index is 5.70. The van der Waals surface area contributed by atoms with Crippen molar-refractivity contribution in [3.63, 3.8) is 0 Å². The summed E-state index contributed by atoms with van der Waals surface area (Å²) in [7, 11) is 11.4. The van der Waals surface area contributed by atoms with Crippen LogP contribution >= 0.6 is 17.2 Å². The third kappa shape index (κ3) is 8.59.